The van der Waals surface area contributed by atoms with E-state index in [0.29, 0.717) is 16.8 Å². The van der Waals surface area contributed by atoms with E-state index >= 15 is 0 Å². The summed E-state index contributed by atoms with van der Waals surface area (Å²) < 4.78 is 5.44. The lowest BCUT2D eigenvalue weighted by Crippen LogP contribution is -2.24. The maximum Gasteiger partial charge on any atom is 0.255 e. The maximum absolute atomic E-state index is 11.5. The molecule has 0 aromatic carbocycles. The molecule has 0 aliphatic carbocycles. The largest absolute Gasteiger partial charge is 0.457 e. The molecule has 14 heavy (non-hydrogen) atoms. The molecule has 1 aromatic heterocycles. The smallest absolute Gasteiger partial charge is 0.255 e. The molecule has 0 bridgehead atoms. The van der Waals surface area contributed by atoms with Crippen LogP contribution in [0, 0.1) is 0 Å². The van der Waals surface area contributed by atoms with Crippen LogP contribution in [0.15, 0.2) is 21.4 Å². The van der Waals surface area contributed by atoms with E-state index in [4.69, 9.17) is 4.42 Å². The number of alkyl halides is 1. The van der Waals surface area contributed by atoms with Gasteiger partial charge in [0.25, 0.3) is 5.91 Å². The van der Waals surface area contributed by atoms with Crippen LogP contribution in [0.5, 0.6) is 0 Å². The number of halogens is 2. The molecule has 1 rings (SSSR count). The van der Waals surface area contributed by atoms with Crippen molar-refractivity contribution in [1.29, 1.82) is 0 Å². The third kappa shape index (κ3) is 3.46. The van der Waals surface area contributed by atoms with Crippen molar-refractivity contribution in [1.82, 2.24) is 5.32 Å². The van der Waals surface area contributed by atoms with E-state index in [-0.39, 0.29) is 5.91 Å². The van der Waals surface area contributed by atoms with Gasteiger partial charge in [-0.25, -0.2) is 0 Å². The lowest BCUT2D eigenvalue weighted by molar-refractivity contribution is 0.0951. The Balaban J connectivity index is 2.32. The number of unbranched alkanes of at least 4 members (excludes halogenated alkanes) is 1. The van der Waals surface area contributed by atoms with Gasteiger partial charge in [0.15, 0.2) is 4.67 Å². The van der Waals surface area contributed by atoms with Crippen LogP contribution in [0.4, 0.5) is 0 Å². The number of furan rings is 1. The molecule has 0 atom stereocenters. The van der Waals surface area contributed by atoms with Gasteiger partial charge in [-0.2, -0.15) is 0 Å². The van der Waals surface area contributed by atoms with Crippen LogP contribution in [-0.2, 0) is 0 Å². The number of hydrogen-bond donors (Lipinski definition) is 1. The minimum atomic E-state index is -0.0970. The first-order valence-electron chi connectivity index (χ1n) is 4.33. The fraction of sp³-hybridized carbons (Fsp3) is 0.444. The zero-order valence-electron chi connectivity index (χ0n) is 7.56. The van der Waals surface area contributed by atoms with E-state index < -0.39 is 0 Å². The molecule has 0 radical (unpaired) electrons. The van der Waals surface area contributed by atoms with Crippen LogP contribution in [0.2, 0.25) is 0 Å². The van der Waals surface area contributed by atoms with Gasteiger partial charge >= 0.3 is 0 Å². The lowest BCUT2D eigenvalue weighted by Gasteiger charge is -2.02. The third-order valence-electron chi connectivity index (χ3n) is 1.71. The van der Waals surface area contributed by atoms with Gasteiger partial charge in [0.05, 0.1) is 11.8 Å². The quantitative estimate of drug-likeness (QED) is 0.668. The van der Waals surface area contributed by atoms with Crippen molar-refractivity contribution >= 4 is 37.8 Å². The van der Waals surface area contributed by atoms with E-state index in [0.717, 1.165) is 18.2 Å². The highest BCUT2D eigenvalue weighted by molar-refractivity contribution is 9.10. The van der Waals surface area contributed by atoms with Crippen LogP contribution in [0.1, 0.15) is 23.2 Å². The second kappa shape index (κ2) is 6.24. The number of hydrogen-bond acceptors (Lipinski definition) is 2. The van der Waals surface area contributed by atoms with Crippen molar-refractivity contribution in [3.8, 4) is 0 Å². The zero-order chi connectivity index (χ0) is 10.4. The van der Waals surface area contributed by atoms with Crippen molar-refractivity contribution in [2.75, 3.05) is 11.9 Å². The summed E-state index contributed by atoms with van der Waals surface area (Å²) in [6.07, 6.45) is 3.52. The fourth-order valence-corrected chi connectivity index (χ4v) is 1.79. The summed E-state index contributed by atoms with van der Waals surface area (Å²) in [5, 5.41) is 3.78. The van der Waals surface area contributed by atoms with Gasteiger partial charge in [-0.1, -0.05) is 15.9 Å². The molecule has 0 aliphatic rings. The van der Waals surface area contributed by atoms with Crippen molar-refractivity contribution in [3.63, 3.8) is 0 Å². The Bertz CT molecular complexity index is 299. The van der Waals surface area contributed by atoms with Gasteiger partial charge in [0.1, 0.15) is 0 Å². The Morgan fingerprint density at radius 2 is 2.29 bits per heavy atom. The Kier molecular flexibility index (Phi) is 5.25. The average molecular weight is 325 g/mol. The number of carbonyl (C=O) groups is 1. The van der Waals surface area contributed by atoms with Gasteiger partial charge in [-0.3, -0.25) is 4.79 Å². The van der Waals surface area contributed by atoms with Crippen LogP contribution >= 0.6 is 31.9 Å². The van der Waals surface area contributed by atoms with Crippen molar-refractivity contribution < 1.29 is 9.21 Å². The van der Waals surface area contributed by atoms with E-state index in [1.54, 1.807) is 6.07 Å². The Morgan fingerprint density at radius 1 is 1.50 bits per heavy atom. The highest BCUT2D eigenvalue weighted by atomic mass is 79.9. The molecule has 78 valence electrons. The topological polar surface area (TPSA) is 42.2 Å². The Morgan fingerprint density at radius 3 is 2.86 bits per heavy atom. The second-order valence-corrected chi connectivity index (χ2v) is 4.27. The molecule has 0 fully saturated rings. The fourth-order valence-electron chi connectivity index (χ4n) is 0.972. The van der Waals surface area contributed by atoms with Crippen molar-refractivity contribution in [2.45, 2.75) is 12.8 Å². The van der Waals surface area contributed by atoms with Gasteiger partial charge < -0.3 is 9.73 Å². The van der Waals surface area contributed by atoms with Crippen LogP contribution in [0.25, 0.3) is 0 Å². The second-order valence-electron chi connectivity index (χ2n) is 2.76. The zero-order valence-corrected chi connectivity index (χ0v) is 10.7. The first-order valence-corrected chi connectivity index (χ1v) is 6.24. The molecule has 3 nitrogen and oxygen atoms in total. The summed E-state index contributed by atoms with van der Waals surface area (Å²) in [7, 11) is 0. The van der Waals surface area contributed by atoms with Gasteiger partial charge in [0, 0.05) is 11.9 Å². The van der Waals surface area contributed by atoms with Gasteiger partial charge in [0.2, 0.25) is 0 Å². The van der Waals surface area contributed by atoms with E-state index in [2.05, 4.69) is 37.2 Å². The van der Waals surface area contributed by atoms with Crippen LogP contribution < -0.4 is 5.32 Å². The van der Waals surface area contributed by atoms with Crippen molar-refractivity contribution in [2.24, 2.45) is 0 Å². The molecule has 5 heteroatoms. The standard InChI is InChI=1S/C9H11Br2NO2/c10-4-1-2-5-12-9(13)7-3-6-14-8(7)11/h3,6H,1-2,4-5H2,(H,12,13). The SMILES string of the molecule is O=C(NCCCCBr)c1ccoc1Br. The first kappa shape index (κ1) is 11.8. The molecule has 0 spiro atoms. The number of amides is 1. The van der Waals surface area contributed by atoms with E-state index in [9.17, 15) is 4.79 Å². The molecule has 1 heterocycles. The summed E-state index contributed by atoms with van der Waals surface area (Å²) >= 11 is 6.49. The first-order chi connectivity index (χ1) is 6.75. The maximum atomic E-state index is 11.5. The normalized spacial score (nSPS) is 10.1. The monoisotopic (exact) mass is 323 g/mol. The van der Waals surface area contributed by atoms with E-state index in [1.807, 2.05) is 0 Å². The summed E-state index contributed by atoms with van der Waals surface area (Å²) in [5.41, 5.74) is 0.545. The molecule has 0 unspecified atom stereocenters. The van der Waals surface area contributed by atoms with Crippen LogP contribution in [0.3, 0.4) is 0 Å². The molecule has 1 N–H and O–H groups in total. The third-order valence-corrected chi connectivity index (χ3v) is 2.88. The summed E-state index contributed by atoms with van der Waals surface area (Å²) in [5.74, 6) is -0.0970. The summed E-state index contributed by atoms with van der Waals surface area (Å²) in [6, 6.07) is 1.64. The molecule has 0 saturated carbocycles. The Labute approximate surface area is 99.5 Å². The van der Waals surface area contributed by atoms with E-state index in [1.165, 1.54) is 6.26 Å². The van der Waals surface area contributed by atoms with Crippen LogP contribution in [-0.4, -0.2) is 17.8 Å². The Hall–Kier alpha value is -0.290. The molecular weight excluding hydrogens is 314 g/mol. The lowest BCUT2D eigenvalue weighted by atomic mass is 10.3. The predicted octanol–water partition coefficient (Wildman–Crippen LogP) is 2.95. The molecule has 0 saturated heterocycles. The minimum Gasteiger partial charge on any atom is -0.457 e. The van der Waals surface area contributed by atoms with Crippen molar-refractivity contribution in [3.05, 3.63) is 22.6 Å². The summed E-state index contributed by atoms with van der Waals surface area (Å²) in [6.45, 7) is 0.696. The molecule has 1 aromatic rings. The average Bonchev–Trinajstić information content (AvgIpc) is 2.59. The van der Waals surface area contributed by atoms with Gasteiger partial charge in [-0.15, -0.1) is 0 Å². The number of nitrogens with one attached hydrogen (secondary N) is 1. The molecule has 0 aliphatic heterocycles. The molecular formula is C9H11Br2NO2. The number of carbonyl (C=O) groups excluding carboxylic acids is 1. The predicted molar refractivity (Wildman–Crippen MR) is 61.8 cm³/mol. The minimum absolute atomic E-state index is 0.0970. The molecule has 1 amide bonds. The number of rotatable bonds is 5. The highest BCUT2D eigenvalue weighted by Crippen LogP contribution is 2.16. The van der Waals surface area contributed by atoms with Gasteiger partial charge in [-0.05, 0) is 34.8 Å². The highest BCUT2D eigenvalue weighted by Gasteiger charge is 2.11. The summed E-state index contributed by atoms with van der Waals surface area (Å²) in [4.78, 5) is 11.5.